The number of amides is 1. The molecule has 2 fully saturated rings. The van der Waals surface area contributed by atoms with Crippen LogP contribution in [0, 0.1) is 0 Å². The molecular formula is C13H19N3O3. The lowest BCUT2D eigenvalue weighted by Crippen LogP contribution is -2.51. The van der Waals surface area contributed by atoms with E-state index in [0.717, 1.165) is 38.9 Å². The standard InChI is InChI=1S/C13H19N3O3/c17-12(11-8-14-9-15-11)16-10-1-4-19-13(7-10)2-5-18-6-3-13/h8-10H,1-7H2,(H,14,15)(H,16,17)/t10-/m1/s1. The summed E-state index contributed by atoms with van der Waals surface area (Å²) in [6.07, 6.45) is 6.63. The van der Waals surface area contributed by atoms with Gasteiger partial charge in [-0.05, 0) is 25.7 Å². The molecule has 3 rings (SSSR count). The molecule has 0 bridgehead atoms. The third-order valence-corrected chi connectivity index (χ3v) is 3.98. The van der Waals surface area contributed by atoms with Gasteiger partial charge < -0.3 is 19.8 Å². The highest BCUT2D eigenvalue weighted by Gasteiger charge is 2.39. The summed E-state index contributed by atoms with van der Waals surface area (Å²) in [5, 5.41) is 3.06. The van der Waals surface area contributed by atoms with Crippen molar-refractivity contribution in [3.8, 4) is 0 Å². The first-order valence-corrected chi connectivity index (χ1v) is 6.78. The van der Waals surface area contributed by atoms with Crippen LogP contribution in [0.25, 0.3) is 0 Å². The molecule has 0 radical (unpaired) electrons. The maximum atomic E-state index is 12.0. The van der Waals surface area contributed by atoms with E-state index < -0.39 is 0 Å². The normalized spacial score (nSPS) is 26.2. The molecule has 6 nitrogen and oxygen atoms in total. The van der Waals surface area contributed by atoms with Gasteiger partial charge in [0.25, 0.3) is 5.91 Å². The van der Waals surface area contributed by atoms with Crippen LogP contribution in [0.3, 0.4) is 0 Å². The van der Waals surface area contributed by atoms with Crippen molar-refractivity contribution >= 4 is 5.91 Å². The van der Waals surface area contributed by atoms with Gasteiger partial charge in [0.2, 0.25) is 0 Å². The molecule has 1 atom stereocenters. The predicted molar refractivity (Wildman–Crippen MR) is 67.8 cm³/mol. The van der Waals surface area contributed by atoms with E-state index in [2.05, 4.69) is 15.3 Å². The van der Waals surface area contributed by atoms with Crippen LogP contribution in [0.1, 0.15) is 36.2 Å². The molecule has 0 aliphatic carbocycles. The lowest BCUT2D eigenvalue weighted by Gasteiger charge is -2.43. The van der Waals surface area contributed by atoms with Crippen molar-refractivity contribution in [2.45, 2.75) is 37.3 Å². The minimum Gasteiger partial charge on any atom is -0.381 e. The fourth-order valence-electron chi connectivity index (χ4n) is 2.89. The third-order valence-electron chi connectivity index (χ3n) is 3.98. The molecule has 0 unspecified atom stereocenters. The molecule has 0 aromatic carbocycles. The molecule has 1 amide bonds. The Morgan fingerprint density at radius 3 is 3.00 bits per heavy atom. The van der Waals surface area contributed by atoms with Gasteiger partial charge in [0.05, 0.1) is 18.1 Å². The second kappa shape index (κ2) is 5.30. The monoisotopic (exact) mass is 265 g/mol. The van der Waals surface area contributed by atoms with Crippen LogP contribution in [0.4, 0.5) is 0 Å². The minimum absolute atomic E-state index is 0.0911. The first-order valence-electron chi connectivity index (χ1n) is 6.78. The summed E-state index contributed by atoms with van der Waals surface area (Å²) in [5.41, 5.74) is 0.412. The minimum atomic E-state index is -0.0948. The summed E-state index contributed by atoms with van der Waals surface area (Å²) in [7, 11) is 0. The molecule has 1 spiro atoms. The topological polar surface area (TPSA) is 76.2 Å². The van der Waals surface area contributed by atoms with Crippen molar-refractivity contribution in [2.75, 3.05) is 19.8 Å². The molecule has 3 heterocycles. The lowest BCUT2D eigenvalue weighted by molar-refractivity contribution is -0.139. The zero-order valence-corrected chi connectivity index (χ0v) is 10.9. The Morgan fingerprint density at radius 2 is 2.26 bits per heavy atom. The van der Waals surface area contributed by atoms with Gasteiger partial charge in [0, 0.05) is 25.9 Å². The Hall–Kier alpha value is -1.40. The van der Waals surface area contributed by atoms with Gasteiger partial charge in [-0.15, -0.1) is 0 Å². The zero-order chi connectivity index (χ0) is 13.1. The summed E-state index contributed by atoms with van der Waals surface area (Å²) in [6.45, 7) is 2.20. The van der Waals surface area contributed by atoms with Gasteiger partial charge >= 0.3 is 0 Å². The fraction of sp³-hybridized carbons (Fsp3) is 0.692. The Labute approximate surface area is 111 Å². The molecule has 2 aliphatic heterocycles. The van der Waals surface area contributed by atoms with Crippen LogP contribution in [0.5, 0.6) is 0 Å². The summed E-state index contributed by atoms with van der Waals surface area (Å²) >= 11 is 0. The highest BCUT2D eigenvalue weighted by Crippen LogP contribution is 2.34. The summed E-state index contributed by atoms with van der Waals surface area (Å²) in [4.78, 5) is 18.7. The molecule has 2 saturated heterocycles. The number of rotatable bonds is 2. The largest absolute Gasteiger partial charge is 0.381 e. The quantitative estimate of drug-likeness (QED) is 0.832. The summed E-state index contributed by atoms with van der Waals surface area (Å²) in [6, 6.07) is 0.169. The number of aromatic nitrogens is 2. The van der Waals surface area contributed by atoms with Crippen molar-refractivity contribution in [1.82, 2.24) is 15.3 Å². The van der Waals surface area contributed by atoms with Crippen LogP contribution in [-0.4, -0.2) is 47.3 Å². The molecule has 1 aromatic rings. The Morgan fingerprint density at radius 1 is 1.42 bits per heavy atom. The SMILES string of the molecule is O=C(N[C@@H]1CCOC2(CCOCC2)C1)c1cnc[nH]1. The average Bonchev–Trinajstić information content (AvgIpc) is 2.93. The van der Waals surface area contributed by atoms with Gasteiger partial charge in [-0.2, -0.15) is 0 Å². The van der Waals surface area contributed by atoms with Crippen molar-refractivity contribution in [1.29, 1.82) is 0 Å². The summed E-state index contributed by atoms with van der Waals surface area (Å²) in [5.74, 6) is -0.0911. The molecule has 1 aromatic heterocycles. The van der Waals surface area contributed by atoms with Crippen LogP contribution < -0.4 is 5.32 Å². The van der Waals surface area contributed by atoms with Gasteiger partial charge in [-0.1, -0.05) is 0 Å². The van der Waals surface area contributed by atoms with Crippen LogP contribution >= 0.6 is 0 Å². The van der Waals surface area contributed by atoms with E-state index in [1.807, 2.05) is 0 Å². The van der Waals surface area contributed by atoms with Gasteiger partial charge in [-0.25, -0.2) is 4.98 Å². The number of nitrogens with zero attached hydrogens (tertiary/aromatic N) is 1. The number of carbonyl (C=O) groups is 1. The maximum absolute atomic E-state index is 12.0. The second-order valence-electron chi connectivity index (χ2n) is 5.27. The molecule has 6 heteroatoms. The van der Waals surface area contributed by atoms with E-state index in [1.165, 1.54) is 6.33 Å². The number of H-pyrrole nitrogens is 1. The molecule has 19 heavy (non-hydrogen) atoms. The smallest absolute Gasteiger partial charge is 0.269 e. The van der Waals surface area contributed by atoms with Gasteiger partial charge in [0.15, 0.2) is 0 Å². The lowest BCUT2D eigenvalue weighted by atomic mass is 9.84. The van der Waals surface area contributed by atoms with Crippen molar-refractivity contribution in [2.24, 2.45) is 0 Å². The Bertz CT molecular complexity index is 421. The predicted octanol–water partition coefficient (Wildman–Crippen LogP) is 0.868. The van der Waals surface area contributed by atoms with Gasteiger partial charge in [-0.3, -0.25) is 4.79 Å². The van der Waals surface area contributed by atoms with Crippen LogP contribution in [-0.2, 0) is 9.47 Å². The summed E-state index contributed by atoms with van der Waals surface area (Å²) < 4.78 is 11.3. The Balaban J connectivity index is 1.60. The van der Waals surface area contributed by atoms with E-state index in [9.17, 15) is 4.79 Å². The fourth-order valence-corrected chi connectivity index (χ4v) is 2.89. The van der Waals surface area contributed by atoms with Crippen molar-refractivity contribution < 1.29 is 14.3 Å². The maximum Gasteiger partial charge on any atom is 0.269 e. The first kappa shape index (κ1) is 12.6. The highest BCUT2D eigenvalue weighted by molar-refractivity contribution is 5.92. The van der Waals surface area contributed by atoms with E-state index in [1.54, 1.807) is 6.20 Å². The zero-order valence-electron chi connectivity index (χ0n) is 10.9. The molecular weight excluding hydrogens is 246 g/mol. The third kappa shape index (κ3) is 2.79. The van der Waals surface area contributed by atoms with E-state index in [-0.39, 0.29) is 17.6 Å². The second-order valence-corrected chi connectivity index (χ2v) is 5.27. The number of aromatic amines is 1. The van der Waals surface area contributed by atoms with Crippen LogP contribution in [0.2, 0.25) is 0 Å². The number of hydrogen-bond acceptors (Lipinski definition) is 4. The van der Waals surface area contributed by atoms with Crippen molar-refractivity contribution in [3.63, 3.8) is 0 Å². The molecule has 0 saturated carbocycles. The first-order chi connectivity index (χ1) is 9.27. The van der Waals surface area contributed by atoms with Crippen LogP contribution in [0.15, 0.2) is 12.5 Å². The average molecular weight is 265 g/mol. The van der Waals surface area contributed by atoms with E-state index in [4.69, 9.17) is 9.47 Å². The Kier molecular flexibility index (Phi) is 3.52. The van der Waals surface area contributed by atoms with Crippen molar-refractivity contribution in [3.05, 3.63) is 18.2 Å². The van der Waals surface area contributed by atoms with E-state index >= 15 is 0 Å². The highest BCUT2D eigenvalue weighted by atomic mass is 16.5. The van der Waals surface area contributed by atoms with Gasteiger partial charge in [0.1, 0.15) is 5.69 Å². The number of hydrogen-bond donors (Lipinski definition) is 2. The number of imidazole rings is 1. The molecule has 2 N–H and O–H groups in total. The molecule has 104 valence electrons. The van der Waals surface area contributed by atoms with E-state index in [0.29, 0.717) is 12.3 Å². The number of carbonyl (C=O) groups excluding carboxylic acids is 1. The molecule has 2 aliphatic rings. The number of nitrogens with one attached hydrogen (secondary N) is 2. The number of ether oxygens (including phenoxy) is 2.